The molecule has 4 aliphatic carbocycles. The van der Waals surface area contributed by atoms with Crippen LogP contribution in [0, 0.1) is 40.9 Å². The Morgan fingerprint density at radius 3 is 2.73 bits per heavy atom. The van der Waals surface area contributed by atoms with E-state index >= 15 is 0 Å². The van der Waals surface area contributed by atoms with E-state index in [-0.39, 0.29) is 41.8 Å². The lowest BCUT2D eigenvalue weighted by molar-refractivity contribution is -0.202. The van der Waals surface area contributed by atoms with Gasteiger partial charge in [-0.15, -0.1) is 0 Å². The predicted molar refractivity (Wildman–Crippen MR) is 91.7 cm³/mol. The summed E-state index contributed by atoms with van der Waals surface area (Å²) in [6.07, 6.45) is 8.01. The fourth-order valence-corrected chi connectivity index (χ4v) is 6.94. The highest BCUT2D eigenvalue weighted by molar-refractivity contribution is 6.07. The molecule has 0 amide bonds. The van der Waals surface area contributed by atoms with E-state index in [9.17, 15) is 14.4 Å². The molecule has 9 atom stereocenters. The van der Waals surface area contributed by atoms with Gasteiger partial charge in [-0.05, 0) is 55.3 Å². The molecule has 6 aliphatic rings. The van der Waals surface area contributed by atoms with Crippen LogP contribution in [-0.4, -0.2) is 29.9 Å². The molecule has 3 saturated carbocycles. The number of Topliss-reactive ketones (excluding diaryl/α,β-unsaturated/α-hetero) is 1. The van der Waals surface area contributed by atoms with Crippen LogP contribution >= 0.6 is 0 Å². The third-order valence-electron chi connectivity index (χ3n) is 7.97. The number of carbonyl (C=O) groups excluding carboxylic acids is 3. The highest BCUT2D eigenvalue weighted by Gasteiger charge is 2.66. The third kappa shape index (κ3) is 2.06. The molecule has 140 valence electrons. The van der Waals surface area contributed by atoms with Gasteiger partial charge in [-0.25, -0.2) is 0 Å². The van der Waals surface area contributed by atoms with Gasteiger partial charge in [0.1, 0.15) is 17.6 Å². The van der Waals surface area contributed by atoms with Gasteiger partial charge in [0.15, 0.2) is 5.78 Å². The van der Waals surface area contributed by atoms with Crippen LogP contribution in [0.2, 0.25) is 0 Å². The van der Waals surface area contributed by atoms with Crippen molar-refractivity contribution in [2.45, 2.75) is 58.2 Å². The zero-order valence-electron chi connectivity index (χ0n) is 15.4. The Bertz CT molecular complexity index is 691. The summed E-state index contributed by atoms with van der Waals surface area (Å²) in [5, 5.41) is 0. The lowest BCUT2D eigenvalue weighted by atomic mass is 9.49. The number of hydrogen-bond acceptors (Lipinski definition) is 5. The predicted octanol–water partition coefficient (Wildman–Crippen LogP) is 2.68. The van der Waals surface area contributed by atoms with Gasteiger partial charge in [0.2, 0.25) is 0 Å². The van der Waals surface area contributed by atoms with Crippen molar-refractivity contribution >= 4 is 17.7 Å². The number of ketones is 1. The summed E-state index contributed by atoms with van der Waals surface area (Å²) >= 11 is 0. The quantitative estimate of drug-likeness (QED) is 0.409. The monoisotopic (exact) mass is 358 g/mol. The van der Waals surface area contributed by atoms with Crippen molar-refractivity contribution in [3.8, 4) is 0 Å². The highest BCUT2D eigenvalue weighted by atomic mass is 16.6. The van der Waals surface area contributed by atoms with E-state index < -0.39 is 5.41 Å². The van der Waals surface area contributed by atoms with Crippen LogP contribution in [-0.2, 0) is 23.9 Å². The summed E-state index contributed by atoms with van der Waals surface area (Å²) in [6.45, 7) is 3.61. The Morgan fingerprint density at radius 1 is 1.19 bits per heavy atom. The van der Waals surface area contributed by atoms with E-state index in [2.05, 4.69) is 19.1 Å². The number of hydrogen-bond donors (Lipinski definition) is 0. The minimum absolute atomic E-state index is 0.0883. The smallest absolute Gasteiger partial charge is 0.320 e. The van der Waals surface area contributed by atoms with Crippen molar-refractivity contribution in [1.29, 1.82) is 0 Å². The van der Waals surface area contributed by atoms with E-state index in [0.717, 1.165) is 19.3 Å². The standard InChI is InChI=1S/C21H26O5/c1-10-5-16-15(19(10)25-11(2)22)4-3-12-6-13-7-14-8-18(23)21(13,9-17(12)16)20(24)26-14/h3-4,10,12-17,19H,5-9H2,1-2H3/t10-,12-,13-,14+,15+,16-,17+,19-,21-/m0/s1. The Balaban J connectivity index is 1.48. The van der Waals surface area contributed by atoms with Crippen molar-refractivity contribution in [3.63, 3.8) is 0 Å². The molecule has 1 spiro atoms. The van der Waals surface area contributed by atoms with Gasteiger partial charge in [-0.2, -0.15) is 0 Å². The summed E-state index contributed by atoms with van der Waals surface area (Å²) in [6, 6.07) is 0. The first-order valence-electron chi connectivity index (χ1n) is 10.00. The van der Waals surface area contributed by atoms with E-state index in [4.69, 9.17) is 9.47 Å². The molecule has 26 heavy (non-hydrogen) atoms. The summed E-state index contributed by atoms with van der Waals surface area (Å²) in [7, 11) is 0. The van der Waals surface area contributed by atoms with E-state index in [1.807, 2.05) is 0 Å². The molecule has 0 N–H and O–H groups in total. The van der Waals surface area contributed by atoms with Crippen LogP contribution < -0.4 is 0 Å². The second-order valence-electron chi connectivity index (χ2n) is 9.24. The van der Waals surface area contributed by atoms with E-state index in [1.165, 1.54) is 6.92 Å². The van der Waals surface area contributed by atoms with Gasteiger partial charge >= 0.3 is 11.9 Å². The Hall–Kier alpha value is -1.65. The summed E-state index contributed by atoms with van der Waals surface area (Å²) in [5.41, 5.74) is -0.894. The van der Waals surface area contributed by atoms with Crippen LogP contribution in [0.5, 0.6) is 0 Å². The maximum Gasteiger partial charge on any atom is 0.320 e. The molecule has 0 aromatic carbocycles. The Labute approximate surface area is 153 Å². The molecule has 5 nitrogen and oxygen atoms in total. The van der Waals surface area contributed by atoms with Gasteiger partial charge in [-0.3, -0.25) is 14.4 Å². The average Bonchev–Trinajstić information content (AvgIpc) is 2.88. The highest BCUT2D eigenvalue weighted by Crippen LogP contribution is 2.61. The van der Waals surface area contributed by atoms with Crippen LogP contribution in [0.4, 0.5) is 0 Å². The van der Waals surface area contributed by atoms with Crippen LogP contribution in [0.25, 0.3) is 0 Å². The number of allylic oxidation sites excluding steroid dienone is 1. The number of fused-ring (bicyclic) bond motifs is 5. The number of rotatable bonds is 1. The van der Waals surface area contributed by atoms with Gasteiger partial charge in [0.25, 0.3) is 0 Å². The van der Waals surface area contributed by atoms with Gasteiger partial charge in [0.05, 0.1) is 0 Å². The lowest BCUT2D eigenvalue weighted by Gasteiger charge is -2.56. The number of carbonyl (C=O) groups is 3. The van der Waals surface area contributed by atoms with Gasteiger partial charge < -0.3 is 9.47 Å². The molecule has 5 fully saturated rings. The second-order valence-corrected chi connectivity index (χ2v) is 9.24. The molecule has 2 saturated heterocycles. The lowest BCUT2D eigenvalue weighted by Crippen LogP contribution is -2.62. The van der Waals surface area contributed by atoms with Crippen LogP contribution in [0.1, 0.15) is 46.0 Å². The van der Waals surface area contributed by atoms with Gasteiger partial charge in [0, 0.05) is 19.3 Å². The summed E-state index contributed by atoms with van der Waals surface area (Å²) in [4.78, 5) is 37.1. The molecule has 0 unspecified atom stereocenters. The summed E-state index contributed by atoms with van der Waals surface area (Å²) in [5.74, 6) is 1.37. The maximum atomic E-state index is 12.9. The molecular weight excluding hydrogens is 332 g/mol. The van der Waals surface area contributed by atoms with E-state index in [1.54, 1.807) is 0 Å². The number of esters is 2. The molecule has 5 heteroatoms. The zero-order valence-corrected chi connectivity index (χ0v) is 15.4. The topological polar surface area (TPSA) is 69.7 Å². The first-order chi connectivity index (χ1) is 12.4. The van der Waals surface area contributed by atoms with Crippen molar-refractivity contribution in [2.24, 2.45) is 40.9 Å². The summed E-state index contributed by atoms with van der Waals surface area (Å²) < 4.78 is 11.2. The largest absolute Gasteiger partial charge is 0.462 e. The molecule has 0 radical (unpaired) electrons. The second kappa shape index (κ2) is 5.43. The minimum atomic E-state index is -0.894. The average molecular weight is 358 g/mol. The first kappa shape index (κ1) is 16.5. The molecule has 2 heterocycles. The first-order valence-corrected chi connectivity index (χ1v) is 10.00. The maximum absolute atomic E-state index is 12.9. The van der Waals surface area contributed by atoms with Crippen molar-refractivity contribution in [2.75, 3.05) is 0 Å². The van der Waals surface area contributed by atoms with Crippen LogP contribution in [0.3, 0.4) is 0 Å². The van der Waals surface area contributed by atoms with Crippen molar-refractivity contribution in [3.05, 3.63) is 12.2 Å². The molecule has 6 rings (SSSR count). The molecule has 0 aromatic rings. The van der Waals surface area contributed by atoms with Gasteiger partial charge in [-0.1, -0.05) is 19.1 Å². The van der Waals surface area contributed by atoms with Crippen molar-refractivity contribution < 1.29 is 23.9 Å². The van der Waals surface area contributed by atoms with Crippen LogP contribution in [0.15, 0.2) is 12.2 Å². The minimum Gasteiger partial charge on any atom is -0.462 e. The third-order valence-corrected chi connectivity index (χ3v) is 7.97. The molecule has 2 bridgehead atoms. The fraction of sp³-hybridized carbons (Fsp3) is 0.762. The molecule has 2 aliphatic heterocycles. The Morgan fingerprint density at radius 2 is 2.00 bits per heavy atom. The van der Waals surface area contributed by atoms with Crippen molar-refractivity contribution in [1.82, 2.24) is 0 Å². The normalized spacial score (nSPS) is 51.3. The molecule has 0 aromatic heterocycles. The number of ether oxygens (including phenoxy) is 2. The molecular formula is C21H26O5. The fourth-order valence-electron chi connectivity index (χ4n) is 6.94. The van der Waals surface area contributed by atoms with E-state index in [0.29, 0.717) is 36.5 Å². The Kier molecular flexibility index (Phi) is 3.45. The SMILES string of the molecule is CC(=O)O[C@@H]1[C@@H]2C=C[C@H]3C[C@H]4C[C@@H]5CC(=O)[C@@]4(C[C@H]3[C@H]2C[C@@H]1C)C(=O)O5. The zero-order chi connectivity index (χ0) is 18.2.